The molecule has 2 nitrogen and oxygen atoms in total. The first kappa shape index (κ1) is 13.7. The molecule has 1 atom stereocenters. The van der Waals surface area contributed by atoms with Crippen molar-refractivity contribution in [1.29, 1.82) is 0 Å². The summed E-state index contributed by atoms with van der Waals surface area (Å²) < 4.78 is 0. The van der Waals surface area contributed by atoms with Crippen molar-refractivity contribution >= 4 is 23.4 Å². The van der Waals surface area contributed by atoms with Crippen LogP contribution in [0.1, 0.15) is 24.7 Å². The van der Waals surface area contributed by atoms with E-state index < -0.39 is 0 Å². The van der Waals surface area contributed by atoms with E-state index in [0.717, 1.165) is 5.69 Å². The number of nitrogens with one attached hydrogen (secondary N) is 1. The van der Waals surface area contributed by atoms with Crippen LogP contribution >= 0.6 is 11.8 Å². The van der Waals surface area contributed by atoms with Crippen molar-refractivity contribution in [2.24, 2.45) is 0 Å². The molecule has 98 valence electrons. The number of thioether (sulfide) groups is 1. The second-order valence-corrected chi connectivity index (χ2v) is 5.79. The molecular weight excluding hydrogens is 254 g/mol. The Labute approximate surface area is 118 Å². The minimum Gasteiger partial charge on any atom is -0.326 e. The van der Waals surface area contributed by atoms with Crippen molar-refractivity contribution in [3.8, 4) is 0 Å². The van der Waals surface area contributed by atoms with Gasteiger partial charge in [0.1, 0.15) is 0 Å². The topological polar surface area (TPSA) is 29.1 Å². The number of hydrogen-bond donors (Lipinski definition) is 1. The van der Waals surface area contributed by atoms with Crippen molar-refractivity contribution in [3.63, 3.8) is 0 Å². The molecule has 2 aromatic rings. The average Bonchev–Trinajstić information content (AvgIpc) is 2.41. The van der Waals surface area contributed by atoms with Gasteiger partial charge >= 0.3 is 0 Å². The molecule has 19 heavy (non-hydrogen) atoms. The second kappa shape index (κ2) is 6.43. The fourth-order valence-corrected chi connectivity index (χ4v) is 2.81. The molecule has 2 rings (SSSR count). The van der Waals surface area contributed by atoms with E-state index in [0.29, 0.717) is 5.25 Å². The Kier molecular flexibility index (Phi) is 4.63. The van der Waals surface area contributed by atoms with E-state index in [2.05, 4.69) is 36.5 Å². The SMILES string of the molecule is CC(=O)Nc1ccc(SC(C)c2ccccc2)cc1. The highest BCUT2D eigenvalue weighted by atomic mass is 32.2. The summed E-state index contributed by atoms with van der Waals surface area (Å²) in [4.78, 5) is 12.1. The fourth-order valence-electron chi connectivity index (χ4n) is 1.82. The summed E-state index contributed by atoms with van der Waals surface area (Å²) in [6, 6.07) is 18.4. The van der Waals surface area contributed by atoms with Crippen LogP contribution < -0.4 is 5.32 Å². The molecule has 0 aliphatic heterocycles. The molecular formula is C16H17NOS. The van der Waals surface area contributed by atoms with Gasteiger partial charge in [-0.3, -0.25) is 4.79 Å². The normalized spacial score (nSPS) is 11.9. The Hall–Kier alpha value is -1.74. The highest BCUT2D eigenvalue weighted by Crippen LogP contribution is 2.34. The minimum atomic E-state index is -0.0435. The zero-order valence-corrected chi connectivity index (χ0v) is 11.9. The number of anilines is 1. The van der Waals surface area contributed by atoms with Crippen molar-refractivity contribution in [2.45, 2.75) is 24.0 Å². The Bertz CT molecular complexity index is 536. The molecule has 1 N–H and O–H groups in total. The molecule has 3 heteroatoms. The Morgan fingerprint density at radius 3 is 2.26 bits per heavy atom. The molecule has 0 saturated carbocycles. The molecule has 0 aliphatic carbocycles. The quantitative estimate of drug-likeness (QED) is 0.830. The maximum Gasteiger partial charge on any atom is 0.221 e. The lowest BCUT2D eigenvalue weighted by molar-refractivity contribution is -0.114. The zero-order chi connectivity index (χ0) is 13.7. The predicted octanol–water partition coefficient (Wildman–Crippen LogP) is 4.50. The monoisotopic (exact) mass is 271 g/mol. The number of benzene rings is 2. The van der Waals surface area contributed by atoms with Gasteiger partial charge in [-0.25, -0.2) is 0 Å². The van der Waals surface area contributed by atoms with Gasteiger partial charge in [-0.15, -0.1) is 11.8 Å². The van der Waals surface area contributed by atoms with Crippen LogP contribution in [0, 0.1) is 0 Å². The second-order valence-electron chi connectivity index (χ2n) is 4.38. The number of amides is 1. The third-order valence-corrected chi connectivity index (χ3v) is 3.93. The van der Waals surface area contributed by atoms with Crippen LogP contribution in [0.5, 0.6) is 0 Å². The summed E-state index contributed by atoms with van der Waals surface area (Å²) in [7, 11) is 0. The third-order valence-electron chi connectivity index (χ3n) is 2.76. The lowest BCUT2D eigenvalue weighted by Gasteiger charge is -2.12. The molecule has 0 fully saturated rings. The molecule has 0 bridgehead atoms. The molecule has 0 aromatic heterocycles. The Morgan fingerprint density at radius 1 is 1.05 bits per heavy atom. The predicted molar refractivity (Wildman–Crippen MR) is 81.5 cm³/mol. The lowest BCUT2D eigenvalue weighted by atomic mass is 10.2. The van der Waals surface area contributed by atoms with Crippen LogP contribution in [0.4, 0.5) is 5.69 Å². The molecule has 0 aliphatic rings. The van der Waals surface area contributed by atoms with E-state index in [1.54, 1.807) is 0 Å². The molecule has 0 radical (unpaired) electrons. The van der Waals surface area contributed by atoms with Gasteiger partial charge < -0.3 is 5.32 Å². The molecule has 1 unspecified atom stereocenters. The zero-order valence-electron chi connectivity index (χ0n) is 11.1. The standard InChI is InChI=1S/C16H17NOS/c1-12(14-6-4-3-5-7-14)19-16-10-8-15(9-11-16)17-13(2)18/h3-12H,1-2H3,(H,17,18). The summed E-state index contributed by atoms with van der Waals surface area (Å²) >= 11 is 1.81. The maximum absolute atomic E-state index is 10.9. The highest BCUT2D eigenvalue weighted by Gasteiger charge is 2.06. The minimum absolute atomic E-state index is 0.0435. The number of carbonyl (C=O) groups excluding carboxylic acids is 1. The first-order valence-electron chi connectivity index (χ1n) is 6.24. The summed E-state index contributed by atoms with van der Waals surface area (Å²) in [5.74, 6) is -0.0435. The molecule has 0 saturated heterocycles. The van der Waals surface area contributed by atoms with Crippen LogP contribution in [-0.2, 0) is 4.79 Å². The van der Waals surface area contributed by atoms with E-state index in [4.69, 9.17) is 0 Å². The van der Waals surface area contributed by atoms with E-state index in [9.17, 15) is 4.79 Å². The first-order chi connectivity index (χ1) is 9.15. The first-order valence-corrected chi connectivity index (χ1v) is 7.12. The summed E-state index contributed by atoms with van der Waals surface area (Å²) in [6.07, 6.45) is 0. The highest BCUT2D eigenvalue weighted by molar-refractivity contribution is 7.99. The number of rotatable bonds is 4. The lowest BCUT2D eigenvalue weighted by Crippen LogP contribution is -2.05. The maximum atomic E-state index is 10.9. The average molecular weight is 271 g/mol. The molecule has 0 heterocycles. The van der Waals surface area contributed by atoms with Gasteiger partial charge in [0, 0.05) is 22.8 Å². The van der Waals surface area contributed by atoms with Gasteiger partial charge in [0.05, 0.1) is 0 Å². The van der Waals surface area contributed by atoms with Crippen LogP contribution in [-0.4, -0.2) is 5.91 Å². The smallest absolute Gasteiger partial charge is 0.221 e. The van der Waals surface area contributed by atoms with E-state index in [-0.39, 0.29) is 5.91 Å². The van der Waals surface area contributed by atoms with Crippen LogP contribution in [0.15, 0.2) is 59.5 Å². The van der Waals surface area contributed by atoms with Crippen molar-refractivity contribution < 1.29 is 4.79 Å². The fraction of sp³-hybridized carbons (Fsp3) is 0.188. The van der Waals surface area contributed by atoms with Crippen LogP contribution in [0.25, 0.3) is 0 Å². The third kappa shape index (κ3) is 4.14. The largest absolute Gasteiger partial charge is 0.326 e. The Balaban J connectivity index is 2.01. The van der Waals surface area contributed by atoms with Gasteiger partial charge in [0.2, 0.25) is 5.91 Å². The number of hydrogen-bond acceptors (Lipinski definition) is 2. The van der Waals surface area contributed by atoms with E-state index >= 15 is 0 Å². The van der Waals surface area contributed by atoms with Crippen molar-refractivity contribution in [3.05, 3.63) is 60.2 Å². The summed E-state index contributed by atoms with van der Waals surface area (Å²) in [5, 5.41) is 3.18. The Morgan fingerprint density at radius 2 is 1.68 bits per heavy atom. The molecule has 1 amide bonds. The number of carbonyl (C=O) groups is 1. The molecule has 2 aromatic carbocycles. The van der Waals surface area contributed by atoms with Gasteiger partial charge in [0.25, 0.3) is 0 Å². The van der Waals surface area contributed by atoms with Crippen molar-refractivity contribution in [1.82, 2.24) is 0 Å². The molecule has 0 spiro atoms. The van der Waals surface area contributed by atoms with Gasteiger partial charge in [0.15, 0.2) is 0 Å². The van der Waals surface area contributed by atoms with Gasteiger partial charge in [-0.05, 0) is 36.8 Å². The van der Waals surface area contributed by atoms with Crippen LogP contribution in [0.2, 0.25) is 0 Å². The van der Waals surface area contributed by atoms with Crippen LogP contribution in [0.3, 0.4) is 0 Å². The van der Waals surface area contributed by atoms with E-state index in [1.165, 1.54) is 17.4 Å². The van der Waals surface area contributed by atoms with Gasteiger partial charge in [-0.1, -0.05) is 30.3 Å². The van der Waals surface area contributed by atoms with Gasteiger partial charge in [-0.2, -0.15) is 0 Å². The van der Waals surface area contributed by atoms with Crippen molar-refractivity contribution in [2.75, 3.05) is 5.32 Å². The summed E-state index contributed by atoms with van der Waals surface area (Å²) in [5.41, 5.74) is 2.16. The van der Waals surface area contributed by atoms with E-state index in [1.807, 2.05) is 42.1 Å². The summed E-state index contributed by atoms with van der Waals surface area (Å²) in [6.45, 7) is 3.71.